The summed E-state index contributed by atoms with van der Waals surface area (Å²) in [5.74, 6) is -0.0457. The lowest BCUT2D eigenvalue weighted by atomic mass is 10.1. The van der Waals surface area contributed by atoms with Crippen LogP contribution in [0.3, 0.4) is 0 Å². The summed E-state index contributed by atoms with van der Waals surface area (Å²) in [5, 5.41) is 10.8. The van der Waals surface area contributed by atoms with Crippen molar-refractivity contribution in [2.75, 3.05) is 12.4 Å². The van der Waals surface area contributed by atoms with Crippen molar-refractivity contribution in [3.8, 4) is 0 Å². The van der Waals surface area contributed by atoms with Gasteiger partial charge in [-0.15, -0.1) is 0 Å². The number of nitrogens with one attached hydrogen (secondary N) is 2. The number of halogens is 2. The van der Waals surface area contributed by atoms with E-state index < -0.39 is 0 Å². The second-order valence-corrected chi connectivity index (χ2v) is 3.70. The molecule has 13 heavy (non-hydrogen) atoms. The lowest BCUT2D eigenvalue weighted by molar-refractivity contribution is 1.39. The lowest BCUT2D eigenvalue weighted by Gasteiger charge is -2.11. The molecule has 0 spiro atoms. The number of benzene rings is 1. The zero-order valence-electron chi connectivity index (χ0n) is 6.99. The number of amidine groups is 1. The van der Waals surface area contributed by atoms with Crippen LogP contribution in [0.2, 0.25) is 5.02 Å². The quantitative estimate of drug-likeness (QED) is 0.566. The molecule has 0 amide bonds. The summed E-state index contributed by atoms with van der Waals surface area (Å²) in [6.07, 6.45) is 0. The summed E-state index contributed by atoms with van der Waals surface area (Å²) in [6.45, 7) is 0. The molecule has 3 nitrogen and oxygen atoms in total. The van der Waals surface area contributed by atoms with Crippen LogP contribution in [-0.2, 0) is 0 Å². The van der Waals surface area contributed by atoms with Gasteiger partial charge in [0.15, 0.2) is 0 Å². The fourth-order valence-corrected chi connectivity index (χ4v) is 1.85. The summed E-state index contributed by atoms with van der Waals surface area (Å²) < 4.78 is 0.838. The first-order valence-corrected chi connectivity index (χ1v) is 4.75. The minimum atomic E-state index is -0.0457. The zero-order valence-corrected chi connectivity index (χ0v) is 9.33. The highest BCUT2D eigenvalue weighted by molar-refractivity contribution is 9.10. The molecule has 0 heterocycles. The third-order valence-corrected chi connectivity index (χ3v) is 2.60. The Kier molecular flexibility index (Phi) is 3.17. The van der Waals surface area contributed by atoms with Gasteiger partial charge in [-0.3, -0.25) is 5.41 Å². The molecule has 1 rings (SSSR count). The summed E-state index contributed by atoms with van der Waals surface area (Å²) in [6, 6.07) is 3.50. The third kappa shape index (κ3) is 1.95. The number of nitrogens with two attached hydrogens (primary N) is 1. The van der Waals surface area contributed by atoms with Crippen molar-refractivity contribution in [3.63, 3.8) is 0 Å². The first-order valence-electron chi connectivity index (χ1n) is 3.58. The van der Waals surface area contributed by atoms with E-state index in [0.29, 0.717) is 10.6 Å². The minimum Gasteiger partial charge on any atom is -0.387 e. The number of nitrogen functional groups attached to an aromatic ring is 1. The Morgan fingerprint density at radius 2 is 2.23 bits per heavy atom. The average molecular weight is 263 g/mol. The monoisotopic (exact) mass is 261 g/mol. The van der Waals surface area contributed by atoms with Crippen LogP contribution in [0.4, 0.5) is 5.69 Å². The fourth-order valence-electron chi connectivity index (χ4n) is 1.06. The summed E-state index contributed by atoms with van der Waals surface area (Å²) in [5.41, 5.74) is 6.66. The summed E-state index contributed by atoms with van der Waals surface area (Å²) in [7, 11) is 1.75. The van der Waals surface area contributed by atoms with E-state index in [1.165, 1.54) is 0 Å². The second kappa shape index (κ2) is 3.98. The predicted octanol–water partition coefficient (Wildman–Crippen LogP) is 2.43. The van der Waals surface area contributed by atoms with Gasteiger partial charge < -0.3 is 11.1 Å². The van der Waals surface area contributed by atoms with Gasteiger partial charge in [-0.05, 0) is 28.1 Å². The summed E-state index contributed by atoms with van der Waals surface area (Å²) in [4.78, 5) is 0. The molecule has 0 aliphatic heterocycles. The molecule has 1 aromatic rings. The van der Waals surface area contributed by atoms with Crippen LogP contribution in [0.25, 0.3) is 0 Å². The molecule has 0 radical (unpaired) electrons. The molecule has 70 valence electrons. The van der Waals surface area contributed by atoms with Gasteiger partial charge in [0.05, 0.1) is 16.3 Å². The van der Waals surface area contributed by atoms with Crippen LogP contribution < -0.4 is 11.1 Å². The van der Waals surface area contributed by atoms with E-state index in [0.717, 1.165) is 10.2 Å². The van der Waals surface area contributed by atoms with Gasteiger partial charge in [0, 0.05) is 11.5 Å². The Morgan fingerprint density at radius 3 is 2.62 bits per heavy atom. The van der Waals surface area contributed by atoms with E-state index in [1.807, 2.05) is 0 Å². The van der Waals surface area contributed by atoms with Gasteiger partial charge in [-0.1, -0.05) is 11.6 Å². The van der Waals surface area contributed by atoms with Crippen LogP contribution >= 0.6 is 27.5 Å². The van der Waals surface area contributed by atoms with Crippen molar-refractivity contribution >= 4 is 39.1 Å². The molecule has 4 N–H and O–H groups in total. The highest BCUT2D eigenvalue weighted by Gasteiger charge is 2.11. The maximum atomic E-state index is 7.35. The van der Waals surface area contributed by atoms with Crippen molar-refractivity contribution in [3.05, 3.63) is 27.2 Å². The molecule has 0 atom stereocenters. The molecule has 5 heteroatoms. The SMILES string of the molecule is CNc1c(Br)ccc(Cl)c1C(=N)N. The van der Waals surface area contributed by atoms with E-state index in [1.54, 1.807) is 19.2 Å². The van der Waals surface area contributed by atoms with Crippen molar-refractivity contribution in [2.24, 2.45) is 5.73 Å². The van der Waals surface area contributed by atoms with Crippen molar-refractivity contribution in [1.82, 2.24) is 0 Å². The van der Waals surface area contributed by atoms with Crippen LogP contribution in [0.5, 0.6) is 0 Å². The largest absolute Gasteiger partial charge is 0.387 e. The second-order valence-electron chi connectivity index (χ2n) is 2.44. The molecule has 0 saturated heterocycles. The van der Waals surface area contributed by atoms with Gasteiger partial charge in [-0.25, -0.2) is 0 Å². The highest BCUT2D eigenvalue weighted by atomic mass is 79.9. The molecule has 0 fully saturated rings. The predicted molar refractivity (Wildman–Crippen MR) is 59.7 cm³/mol. The number of rotatable bonds is 2. The Labute approximate surface area is 89.9 Å². The van der Waals surface area contributed by atoms with E-state index in [4.69, 9.17) is 22.7 Å². The number of anilines is 1. The zero-order chi connectivity index (χ0) is 10.0. The van der Waals surface area contributed by atoms with Gasteiger partial charge in [0.1, 0.15) is 5.84 Å². The van der Waals surface area contributed by atoms with Crippen LogP contribution in [0, 0.1) is 5.41 Å². The molecule has 0 aliphatic rings. The lowest BCUT2D eigenvalue weighted by Crippen LogP contribution is -2.14. The Morgan fingerprint density at radius 1 is 1.62 bits per heavy atom. The molecule has 1 aromatic carbocycles. The highest BCUT2D eigenvalue weighted by Crippen LogP contribution is 2.31. The fraction of sp³-hybridized carbons (Fsp3) is 0.125. The molecule has 0 saturated carbocycles. The van der Waals surface area contributed by atoms with E-state index in [-0.39, 0.29) is 5.84 Å². The van der Waals surface area contributed by atoms with Crippen LogP contribution in [0.1, 0.15) is 5.56 Å². The first-order chi connectivity index (χ1) is 6.07. The van der Waals surface area contributed by atoms with Crippen molar-refractivity contribution in [1.29, 1.82) is 5.41 Å². The van der Waals surface area contributed by atoms with Gasteiger partial charge in [0.25, 0.3) is 0 Å². The van der Waals surface area contributed by atoms with Gasteiger partial charge in [-0.2, -0.15) is 0 Å². The van der Waals surface area contributed by atoms with Gasteiger partial charge >= 0.3 is 0 Å². The standard InChI is InChI=1S/C8H9BrClN3/c1-13-7-4(9)2-3-5(10)6(7)8(11)12/h2-3,13H,1H3,(H3,11,12). The Balaban J connectivity index is 3.43. The molecule has 0 unspecified atom stereocenters. The third-order valence-electron chi connectivity index (χ3n) is 1.62. The molecule has 0 aromatic heterocycles. The molecular formula is C8H9BrClN3. The molecule has 0 bridgehead atoms. The smallest absolute Gasteiger partial charge is 0.126 e. The minimum absolute atomic E-state index is 0.0457. The van der Waals surface area contributed by atoms with E-state index in [9.17, 15) is 0 Å². The normalized spacial score (nSPS) is 9.77. The van der Waals surface area contributed by atoms with Crippen LogP contribution in [-0.4, -0.2) is 12.9 Å². The summed E-state index contributed by atoms with van der Waals surface area (Å²) >= 11 is 9.23. The maximum absolute atomic E-state index is 7.35. The van der Waals surface area contributed by atoms with Crippen molar-refractivity contribution in [2.45, 2.75) is 0 Å². The average Bonchev–Trinajstić information content (AvgIpc) is 2.07. The Bertz CT molecular complexity index is 351. The Hall–Kier alpha value is -0.740. The first kappa shape index (κ1) is 10.3. The van der Waals surface area contributed by atoms with E-state index in [2.05, 4.69) is 21.2 Å². The van der Waals surface area contributed by atoms with Crippen molar-refractivity contribution < 1.29 is 0 Å². The van der Waals surface area contributed by atoms with Gasteiger partial charge in [0.2, 0.25) is 0 Å². The molecule has 0 aliphatic carbocycles. The topological polar surface area (TPSA) is 61.9 Å². The van der Waals surface area contributed by atoms with Crippen LogP contribution in [0.15, 0.2) is 16.6 Å². The van der Waals surface area contributed by atoms with E-state index >= 15 is 0 Å². The maximum Gasteiger partial charge on any atom is 0.126 e. The number of hydrogen-bond donors (Lipinski definition) is 3. The number of hydrogen-bond acceptors (Lipinski definition) is 2. The molecular weight excluding hydrogens is 253 g/mol.